The highest BCUT2D eigenvalue weighted by Gasteiger charge is 2.22. The fraction of sp³-hybridized carbons (Fsp3) is 0.526. The maximum atomic E-state index is 12.7. The van der Waals surface area contributed by atoms with Crippen molar-refractivity contribution in [2.45, 2.75) is 57.4 Å². The lowest BCUT2D eigenvalue weighted by Gasteiger charge is -2.27. The summed E-state index contributed by atoms with van der Waals surface area (Å²) < 4.78 is 1.67. The molecule has 1 amide bonds. The molecule has 0 aromatic carbocycles. The van der Waals surface area contributed by atoms with Crippen LogP contribution in [-0.2, 0) is 4.79 Å². The quantitative estimate of drug-likeness (QED) is 0.808. The number of carboxylic acids is 1. The lowest BCUT2D eigenvalue weighted by molar-refractivity contribution is -0.137. The molecule has 0 saturated heterocycles. The first-order valence-corrected chi connectivity index (χ1v) is 9.08. The highest BCUT2D eigenvalue weighted by Crippen LogP contribution is 2.28. The summed E-state index contributed by atoms with van der Waals surface area (Å²) in [7, 11) is 0. The second-order valence-electron chi connectivity index (χ2n) is 6.93. The van der Waals surface area contributed by atoms with Gasteiger partial charge in [0, 0.05) is 18.7 Å². The Kier molecular flexibility index (Phi) is 5.68. The summed E-state index contributed by atoms with van der Waals surface area (Å²) >= 11 is 0. The van der Waals surface area contributed by atoms with Crippen LogP contribution in [0.3, 0.4) is 0 Å². The number of hydrogen-bond donors (Lipinski definition) is 2. The van der Waals surface area contributed by atoms with Crippen molar-refractivity contribution in [1.82, 2.24) is 14.9 Å². The number of pyridine rings is 1. The number of nitrogens with zero attached hydrogens (tertiary/aromatic N) is 2. The number of fused-ring (bicyclic) bond motifs is 1. The van der Waals surface area contributed by atoms with E-state index in [-0.39, 0.29) is 18.4 Å². The predicted octanol–water partition coefficient (Wildman–Crippen LogP) is 3.27. The molecular formula is C19H25N3O3. The zero-order valence-electron chi connectivity index (χ0n) is 14.4. The second kappa shape index (κ2) is 8.14. The van der Waals surface area contributed by atoms with Gasteiger partial charge >= 0.3 is 5.97 Å². The summed E-state index contributed by atoms with van der Waals surface area (Å²) in [4.78, 5) is 23.7. The Morgan fingerprint density at radius 2 is 2.08 bits per heavy atom. The Bertz CT molecular complexity index is 734. The predicted molar refractivity (Wildman–Crippen MR) is 94.5 cm³/mol. The molecule has 1 fully saturated rings. The molecule has 25 heavy (non-hydrogen) atoms. The standard InChI is InChI=1S/C19H25N3O3/c23-18(24)10-9-15(12-14-6-2-1-3-7-14)21-19(25)16-13-20-22-11-5-4-8-17(16)22/h4-5,8,11,13-15H,1-3,6-7,9-10,12H2,(H,21,25)(H,23,24). The molecule has 2 heterocycles. The fourth-order valence-corrected chi connectivity index (χ4v) is 3.74. The van der Waals surface area contributed by atoms with Crippen LogP contribution in [0.25, 0.3) is 5.52 Å². The molecule has 0 aliphatic heterocycles. The Morgan fingerprint density at radius 1 is 1.28 bits per heavy atom. The maximum Gasteiger partial charge on any atom is 0.303 e. The van der Waals surface area contributed by atoms with Gasteiger partial charge in [-0.3, -0.25) is 9.59 Å². The van der Waals surface area contributed by atoms with E-state index in [4.69, 9.17) is 5.11 Å². The molecule has 0 spiro atoms. The lowest BCUT2D eigenvalue weighted by atomic mass is 9.84. The van der Waals surface area contributed by atoms with Crippen LogP contribution in [-0.4, -0.2) is 32.6 Å². The molecule has 6 nitrogen and oxygen atoms in total. The smallest absolute Gasteiger partial charge is 0.303 e. The Labute approximate surface area is 147 Å². The molecule has 134 valence electrons. The molecule has 2 aromatic heterocycles. The van der Waals surface area contributed by atoms with Crippen LogP contribution in [0.1, 0.15) is 61.7 Å². The van der Waals surface area contributed by atoms with E-state index in [0.29, 0.717) is 17.9 Å². The number of carbonyl (C=O) groups excluding carboxylic acids is 1. The molecule has 6 heteroatoms. The van der Waals surface area contributed by atoms with E-state index in [1.807, 2.05) is 18.2 Å². The third-order valence-corrected chi connectivity index (χ3v) is 5.06. The van der Waals surface area contributed by atoms with Crippen molar-refractivity contribution in [1.29, 1.82) is 0 Å². The van der Waals surface area contributed by atoms with Gasteiger partial charge in [-0.05, 0) is 30.9 Å². The van der Waals surface area contributed by atoms with E-state index in [1.165, 1.54) is 32.1 Å². The molecule has 1 unspecified atom stereocenters. The van der Waals surface area contributed by atoms with Crippen molar-refractivity contribution in [3.05, 3.63) is 36.2 Å². The van der Waals surface area contributed by atoms with Crippen LogP contribution >= 0.6 is 0 Å². The van der Waals surface area contributed by atoms with Crippen molar-refractivity contribution < 1.29 is 14.7 Å². The number of carboxylic acid groups (broad SMARTS) is 1. The lowest BCUT2D eigenvalue weighted by Crippen LogP contribution is -2.37. The van der Waals surface area contributed by atoms with Crippen molar-refractivity contribution in [3.8, 4) is 0 Å². The van der Waals surface area contributed by atoms with E-state index in [0.717, 1.165) is 11.9 Å². The van der Waals surface area contributed by atoms with Crippen molar-refractivity contribution in [2.24, 2.45) is 5.92 Å². The van der Waals surface area contributed by atoms with Crippen LogP contribution in [0.15, 0.2) is 30.6 Å². The molecular weight excluding hydrogens is 318 g/mol. The van der Waals surface area contributed by atoms with Gasteiger partial charge in [-0.1, -0.05) is 38.2 Å². The Morgan fingerprint density at radius 3 is 2.84 bits per heavy atom. The van der Waals surface area contributed by atoms with E-state index in [9.17, 15) is 9.59 Å². The Balaban J connectivity index is 1.69. The average molecular weight is 343 g/mol. The molecule has 1 saturated carbocycles. The van der Waals surface area contributed by atoms with Gasteiger partial charge in [-0.25, -0.2) is 4.52 Å². The number of nitrogens with one attached hydrogen (secondary N) is 1. The third kappa shape index (κ3) is 4.59. The van der Waals surface area contributed by atoms with Gasteiger partial charge < -0.3 is 10.4 Å². The van der Waals surface area contributed by atoms with Gasteiger partial charge in [0.05, 0.1) is 17.3 Å². The van der Waals surface area contributed by atoms with Crippen LogP contribution in [0, 0.1) is 5.92 Å². The molecule has 0 radical (unpaired) electrons. The highest BCUT2D eigenvalue weighted by molar-refractivity contribution is 6.00. The number of rotatable bonds is 7. The zero-order chi connectivity index (χ0) is 17.6. The van der Waals surface area contributed by atoms with Crippen LogP contribution < -0.4 is 5.32 Å². The first-order chi connectivity index (χ1) is 12.1. The van der Waals surface area contributed by atoms with E-state index in [1.54, 1.807) is 16.9 Å². The van der Waals surface area contributed by atoms with Gasteiger partial charge in [0.1, 0.15) is 0 Å². The van der Waals surface area contributed by atoms with Crippen LogP contribution in [0.4, 0.5) is 0 Å². The monoisotopic (exact) mass is 343 g/mol. The minimum Gasteiger partial charge on any atom is -0.481 e. The first-order valence-electron chi connectivity index (χ1n) is 9.08. The maximum absolute atomic E-state index is 12.7. The summed E-state index contributed by atoms with van der Waals surface area (Å²) in [5.74, 6) is -0.414. The Hall–Kier alpha value is -2.37. The summed E-state index contributed by atoms with van der Waals surface area (Å²) in [5, 5.41) is 16.3. The number of amides is 1. The molecule has 1 aliphatic rings. The summed E-state index contributed by atoms with van der Waals surface area (Å²) in [6.45, 7) is 0. The zero-order valence-corrected chi connectivity index (χ0v) is 14.4. The van der Waals surface area contributed by atoms with E-state index >= 15 is 0 Å². The highest BCUT2D eigenvalue weighted by atomic mass is 16.4. The van der Waals surface area contributed by atoms with Crippen molar-refractivity contribution in [3.63, 3.8) is 0 Å². The average Bonchev–Trinajstić information content (AvgIpc) is 3.04. The summed E-state index contributed by atoms with van der Waals surface area (Å²) in [6, 6.07) is 5.48. The normalized spacial score (nSPS) is 16.6. The summed E-state index contributed by atoms with van der Waals surface area (Å²) in [5.41, 5.74) is 1.29. The molecule has 1 aliphatic carbocycles. The number of aromatic nitrogens is 2. The van der Waals surface area contributed by atoms with Crippen LogP contribution in [0.2, 0.25) is 0 Å². The van der Waals surface area contributed by atoms with Gasteiger partial charge in [0.15, 0.2) is 0 Å². The SMILES string of the molecule is O=C(O)CCC(CC1CCCCC1)NC(=O)c1cnn2ccccc12. The van der Waals surface area contributed by atoms with Gasteiger partial charge in [0.25, 0.3) is 5.91 Å². The molecule has 0 bridgehead atoms. The van der Waals surface area contributed by atoms with Crippen molar-refractivity contribution >= 4 is 17.4 Å². The van der Waals surface area contributed by atoms with Crippen molar-refractivity contribution in [2.75, 3.05) is 0 Å². The fourth-order valence-electron chi connectivity index (χ4n) is 3.74. The number of aliphatic carboxylic acids is 1. The molecule has 2 N–H and O–H groups in total. The van der Waals surface area contributed by atoms with E-state index in [2.05, 4.69) is 10.4 Å². The third-order valence-electron chi connectivity index (χ3n) is 5.06. The molecule has 2 aromatic rings. The first kappa shape index (κ1) is 17.5. The number of carbonyl (C=O) groups is 2. The molecule has 1 atom stereocenters. The second-order valence-corrected chi connectivity index (χ2v) is 6.93. The molecule has 3 rings (SSSR count). The van der Waals surface area contributed by atoms with E-state index < -0.39 is 5.97 Å². The summed E-state index contributed by atoms with van der Waals surface area (Å²) in [6.07, 6.45) is 10.9. The van der Waals surface area contributed by atoms with Gasteiger partial charge in [-0.2, -0.15) is 5.10 Å². The minimum atomic E-state index is -0.820. The van der Waals surface area contributed by atoms with Crippen LogP contribution in [0.5, 0.6) is 0 Å². The largest absolute Gasteiger partial charge is 0.481 e. The van der Waals surface area contributed by atoms with Gasteiger partial charge in [0.2, 0.25) is 0 Å². The van der Waals surface area contributed by atoms with Gasteiger partial charge in [-0.15, -0.1) is 0 Å². The minimum absolute atomic E-state index is 0.0758. The number of hydrogen-bond acceptors (Lipinski definition) is 3. The topological polar surface area (TPSA) is 83.7 Å².